The second kappa shape index (κ2) is 8.99. The van der Waals surface area contributed by atoms with Crippen LogP contribution in [0.25, 0.3) is 0 Å². The number of hydrogen-bond acceptors (Lipinski definition) is 4. The fraction of sp³-hybridized carbons (Fsp3) is 0.300. The van der Waals surface area contributed by atoms with E-state index in [1.54, 1.807) is 42.5 Å². The summed E-state index contributed by atoms with van der Waals surface area (Å²) < 4.78 is 0. The van der Waals surface area contributed by atoms with Crippen molar-refractivity contribution in [2.75, 3.05) is 0 Å². The van der Waals surface area contributed by atoms with E-state index in [4.69, 9.17) is 5.26 Å². The minimum absolute atomic E-state index is 0.131. The van der Waals surface area contributed by atoms with Crippen LogP contribution in [0.2, 0.25) is 0 Å². The van der Waals surface area contributed by atoms with Crippen LogP contribution in [0, 0.1) is 0 Å². The zero-order valence-electron chi connectivity index (χ0n) is 13.8. The van der Waals surface area contributed by atoms with Crippen LogP contribution < -0.4 is 0 Å². The maximum absolute atomic E-state index is 12.8. The molecule has 0 aliphatic rings. The van der Waals surface area contributed by atoms with E-state index in [0.29, 0.717) is 23.1 Å². The summed E-state index contributed by atoms with van der Waals surface area (Å²) in [5.41, 5.74) is 1.94. The highest BCUT2D eigenvalue weighted by Crippen LogP contribution is 2.22. The van der Waals surface area contributed by atoms with Crippen LogP contribution in [0.5, 0.6) is 0 Å². The Balaban J connectivity index is 2.38. The molecule has 0 amide bonds. The van der Waals surface area contributed by atoms with Gasteiger partial charge in [0.2, 0.25) is 0 Å². The number of hydrogen-bond donors (Lipinski definition) is 1. The van der Waals surface area contributed by atoms with Crippen LogP contribution in [-0.2, 0) is 11.3 Å². The minimum Gasteiger partial charge on any atom is -0.295 e. The quantitative estimate of drug-likeness (QED) is 0.331. The number of benzene rings is 2. The van der Waals surface area contributed by atoms with E-state index in [9.17, 15) is 9.59 Å². The summed E-state index contributed by atoms with van der Waals surface area (Å²) >= 11 is 0. The van der Waals surface area contributed by atoms with Crippen LogP contribution in [0.4, 0.5) is 0 Å². The zero-order chi connectivity index (χ0) is 17.4. The Morgan fingerprint density at radius 2 is 1.62 bits per heavy atom. The SMILES string of the molecule is CCCCCCc1c(C(=O)OO)cccc1C(=O)c1ccccc1. The Labute approximate surface area is 142 Å². The van der Waals surface area contributed by atoms with Gasteiger partial charge in [-0.2, -0.15) is 5.26 Å². The predicted octanol–water partition coefficient (Wildman–Crippen LogP) is 4.67. The highest BCUT2D eigenvalue weighted by molar-refractivity contribution is 6.11. The van der Waals surface area contributed by atoms with Crippen LogP contribution >= 0.6 is 0 Å². The molecule has 0 radical (unpaired) electrons. The van der Waals surface area contributed by atoms with Gasteiger partial charge in [0.25, 0.3) is 0 Å². The normalized spacial score (nSPS) is 10.4. The first-order valence-electron chi connectivity index (χ1n) is 8.26. The molecule has 0 atom stereocenters. The van der Waals surface area contributed by atoms with Gasteiger partial charge in [0, 0.05) is 11.1 Å². The Hall–Kier alpha value is -2.46. The second-order valence-electron chi connectivity index (χ2n) is 5.72. The Kier molecular flexibility index (Phi) is 6.70. The lowest BCUT2D eigenvalue weighted by Crippen LogP contribution is -2.12. The van der Waals surface area contributed by atoms with Crippen molar-refractivity contribution in [1.82, 2.24) is 0 Å². The first kappa shape index (κ1) is 17.9. The molecule has 0 spiro atoms. The summed E-state index contributed by atoms with van der Waals surface area (Å²) in [5.74, 6) is -0.961. The predicted molar refractivity (Wildman–Crippen MR) is 92.2 cm³/mol. The third-order valence-corrected chi connectivity index (χ3v) is 4.04. The van der Waals surface area contributed by atoms with Crippen molar-refractivity contribution in [3.8, 4) is 0 Å². The molecule has 0 aliphatic carbocycles. The molecule has 0 saturated heterocycles. The second-order valence-corrected chi connectivity index (χ2v) is 5.72. The number of unbranched alkanes of at least 4 members (excludes halogenated alkanes) is 3. The van der Waals surface area contributed by atoms with Gasteiger partial charge in [-0.1, -0.05) is 68.7 Å². The van der Waals surface area contributed by atoms with E-state index < -0.39 is 5.97 Å². The first-order chi connectivity index (χ1) is 11.7. The van der Waals surface area contributed by atoms with Gasteiger partial charge in [-0.05, 0) is 24.5 Å². The molecule has 0 bridgehead atoms. The topological polar surface area (TPSA) is 63.6 Å². The van der Waals surface area contributed by atoms with E-state index >= 15 is 0 Å². The highest BCUT2D eigenvalue weighted by Gasteiger charge is 2.20. The van der Waals surface area contributed by atoms with Crippen molar-refractivity contribution >= 4 is 11.8 Å². The van der Waals surface area contributed by atoms with Gasteiger partial charge < -0.3 is 0 Å². The molecule has 1 N–H and O–H groups in total. The molecule has 24 heavy (non-hydrogen) atoms. The lowest BCUT2D eigenvalue weighted by atomic mass is 9.91. The van der Waals surface area contributed by atoms with Crippen LogP contribution in [0.3, 0.4) is 0 Å². The number of carbonyl (C=O) groups excluding carboxylic acids is 2. The van der Waals surface area contributed by atoms with Crippen molar-refractivity contribution in [2.45, 2.75) is 39.0 Å². The molecule has 0 aliphatic heterocycles. The van der Waals surface area contributed by atoms with Crippen LogP contribution in [-0.4, -0.2) is 17.0 Å². The number of carbonyl (C=O) groups is 2. The summed E-state index contributed by atoms with van der Waals surface area (Å²) in [6.45, 7) is 2.13. The van der Waals surface area contributed by atoms with Crippen molar-refractivity contribution in [2.24, 2.45) is 0 Å². The zero-order valence-corrected chi connectivity index (χ0v) is 13.8. The smallest absolute Gasteiger partial charge is 0.295 e. The third kappa shape index (κ3) is 4.30. The lowest BCUT2D eigenvalue weighted by Gasteiger charge is -2.12. The van der Waals surface area contributed by atoms with Crippen LogP contribution in [0.15, 0.2) is 48.5 Å². The van der Waals surface area contributed by atoms with E-state index in [0.717, 1.165) is 25.7 Å². The average Bonchev–Trinajstić information content (AvgIpc) is 2.64. The summed E-state index contributed by atoms with van der Waals surface area (Å²) in [6.07, 6.45) is 4.71. The molecule has 0 fully saturated rings. The molecule has 126 valence electrons. The molecular formula is C20H22O4. The number of rotatable bonds is 8. The molecule has 0 unspecified atom stereocenters. The molecule has 2 aromatic rings. The van der Waals surface area contributed by atoms with Gasteiger partial charge in [-0.15, -0.1) is 0 Å². The molecular weight excluding hydrogens is 304 g/mol. The van der Waals surface area contributed by atoms with E-state index in [-0.39, 0.29) is 11.3 Å². The van der Waals surface area contributed by atoms with E-state index in [1.807, 2.05) is 6.07 Å². The largest absolute Gasteiger partial charge is 0.373 e. The van der Waals surface area contributed by atoms with Crippen molar-refractivity contribution in [3.63, 3.8) is 0 Å². The summed E-state index contributed by atoms with van der Waals surface area (Å²) in [7, 11) is 0. The lowest BCUT2D eigenvalue weighted by molar-refractivity contribution is -0.182. The summed E-state index contributed by atoms with van der Waals surface area (Å²) in [5, 5.41) is 8.73. The van der Waals surface area contributed by atoms with E-state index in [2.05, 4.69) is 11.8 Å². The van der Waals surface area contributed by atoms with Gasteiger partial charge in [0.05, 0.1) is 5.56 Å². The third-order valence-electron chi connectivity index (χ3n) is 4.04. The maximum Gasteiger partial charge on any atom is 0.373 e. The van der Waals surface area contributed by atoms with Gasteiger partial charge in [0.15, 0.2) is 5.78 Å². The molecule has 2 aromatic carbocycles. The van der Waals surface area contributed by atoms with Gasteiger partial charge in [0.1, 0.15) is 0 Å². The monoisotopic (exact) mass is 326 g/mol. The standard InChI is InChI=1S/C20H22O4/c1-2-3-4-8-12-16-17(13-9-14-18(16)20(22)24-23)19(21)15-10-6-5-7-11-15/h5-7,9-11,13-14,23H,2-4,8,12H2,1H3. The molecule has 0 aromatic heterocycles. The van der Waals surface area contributed by atoms with Crippen molar-refractivity contribution in [1.29, 1.82) is 0 Å². The van der Waals surface area contributed by atoms with Gasteiger partial charge in [-0.25, -0.2) is 4.79 Å². The van der Waals surface area contributed by atoms with Crippen molar-refractivity contribution < 1.29 is 19.7 Å². The molecule has 4 heteroatoms. The average molecular weight is 326 g/mol. The van der Waals surface area contributed by atoms with Gasteiger partial charge in [-0.3, -0.25) is 9.68 Å². The minimum atomic E-state index is -0.830. The van der Waals surface area contributed by atoms with Crippen LogP contribution in [0.1, 0.15) is 64.4 Å². The van der Waals surface area contributed by atoms with E-state index in [1.165, 1.54) is 0 Å². The molecule has 2 rings (SSSR count). The summed E-state index contributed by atoms with van der Waals surface area (Å²) in [6, 6.07) is 13.9. The first-order valence-corrected chi connectivity index (χ1v) is 8.26. The fourth-order valence-electron chi connectivity index (χ4n) is 2.78. The molecule has 0 saturated carbocycles. The fourth-order valence-corrected chi connectivity index (χ4v) is 2.78. The molecule has 0 heterocycles. The van der Waals surface area contributed by atoms with Crippen molar-refractivity contribution in [3.05, 3.63) is 70.8 Å². The maximum atomic E-state index is 12.8. The van der Waals surface area contributed by atoms with Gasteiger partial charge >= 0.3 is 5.97 Å². The number of ketones is 1. The highest BCUT2D eigenvalue weighted by atomic mass is 17.1. The Morgan fingerprint density at radius 3 is 2.29 bits per heavy atom. The Bertz CT molecular complexity index is 692. The summed E-state index contributed by atoms with van der Waals surface area (Å²) in [4.78, 5) is 28.6. The Morgan fingerprint density at radius 1 is 0.917 bits per heavy atom. The molecule has 4 nitrogen and oxygen atoms in total.